The molecule has 0 amide bonds. The number of likely N-dealkylation sites (N-methyl/N-ethyl adjacent to an activating group) is 1. The van der Waals surface area contributed by atoms with E-state index in [1.54, 1.807) is 0 Å². The second kappa shape index (κ2) is 6.48. The number of benzene rings is 1. The van der Waals surface area contributed by atoms with Gasteiger partial charge in [0.15, 0.2) is 0 Å². The van der Waals surface area contributed by atoms with Gasteiger partial charge in [-0.1, -0.05) is 18.2 Å². The van der Waals surface area contributed by atoms with Gasteiger partial charge in [0.2, 0.25) is 0 Å². The van der Waals surface area contributed by atoms with Crippen molar-refractivity contribution in [3.8, 4) is 0 Å². The Labute approximate surface area is 116 Å². The first-order valence-corrected chi connectivity index (χ1v) is 7.07. The van der Waals surface area contributed by atoms with Crippen LogP contribution in [0.4, 0.5) is 0 Å². The van der Waals surface area contributed by atoms with Gasteiger partial charge in [-0.05, 0) is 37.6 Å². The van der Waals surface area contributed by atoms with Crippen molar-refractivity contribution in [2.45, 2.75) is 19.9 Å². The number of rotatable bonds is 4. The van der Waals surface area contributed by atoms with Gasteiger partial charge in [0, 0.05) is 32.7 Å². The first-order valence-electron chi connectivity index (χ1n) is 7.07. The molecule has 1 unspecified atom stereocenters. The number of nitrogens with zero attached hydrogens (tertiary/aromatic N) is 2. The number of nitrogens with one attached hydrogen (secondary N) is 1. The summed E-state index contributed by atoms with van der Waals surface area (Å²) in [5.41, 5.74) is 13.6. The molecule has 0 aliphatic carbocycles. The summed E-state index contributed by atoms with van der Waals surface area (Å²) in [6.07, 6.45) is 0. The van der Waals surface area contributed by atoms with Crippen LogP contribution in [0.2, 0.25) is 0 Å². The maximum atomic E-state index is 5.97. The third kappa shape index (κ3) is 3.54. The molecule has 1 aromatic rings. The third-order valence-electron chi connectivity index (χ3n) is 4.10. The van der Waals surface area contributed by atoms with Crippen molar-refractivity contribution in [1.82, 2.24) is 15.3 Å². The van der Waals surface area contributed by atoms with Gasteiger partial charge in [-0.15, -0.1) is 0 Å². The number of aryl methyl sites for hydroxylation is 1. The fourth-order valence-corrected chi connectivity index (χ4v) is 2.56. The molecule has 1 saturated heterocycles. The molecule has 1 fully saturated rings. The maximum Gasteiger partial charge on any atom is 0.0589 e. The Bertz CT molecular complexity index is 411. The summed E-state index contributed by atoms with van der Waals surface area (Å²) in [7, 11) is 2.17. The fourth-order valence-electron chi connectivity index (χ4n) is 2.56. The average Bonchev–Trinajstić information content (AvgIpc) is 2.42. The van der Waals surface area contributed by atoms with E-state index in [0.29, 0.717) is 6.54 Å². The molecule has 0 aromatic heterocycles. The molecule has 19 heavy (non-hydrogen) atoms. The SMILES string of the molecule is Cc1cccc(C(CN)NN2CCN(C)CC2)c1C. The maximum absolute atomic E-state index is 5.97. The zero-order valence-electron chi connectivity index (χ0n) is 12.3. The molecule has 4 heteroatoms. The summed E-state index contributed by atoms with van der Waals surface area (Å²) in [6, 6.07) is 6.67. The molecule has 2 rings (SSSR count). The van der Waals surface area contributed by atoms with Gasteiger partial charge in [-0.25, -0.2) is 10.4 Å². The summed E-state index contributed by atoms with van der Waals surface area (Å²) in [5, 5.41) is 2.30. The first-order chi connectivity index (χ1) is 9.11. The van der Waals surface area contributed by atoms with Gasteiger partial charge in [0.1, 0.15) is 0 Å². The van der Waals surface area contributed by atoms with E-state index in [2.05, 4.69) is 54.4 Å². The largest absolute Gasteiger partial charge is 0.329 e. The van der Waals surface area contributed by atoms with Crippen LogP contribution in [0.15, 0.2) is 18.2 Å². The van der Waals surface area contributed by atoms with E-state index in [9.17, 15) is 0 Å². The molecule has 106 valence electrons. The van der Waals surface area contributed by atoms with Crippen molar-refractivity contribution < 1.29 is 0 Å². The lowest BCUT2D eigenvalue weighted by Crippen LogP contribution is -2.52. The van der Waals surface area contributed by atoms with Crippen molar-refractivity contribution in [2.24, 2.45) is 5.73 Å². The van der Waals surface area contributed by atoms with Crippen molar-refractivity contribution in [2.75, 3.05) is 39.8 Å². The Morgan fingerprint density at radius 3 is 2.53 bits per heavy atom. The van der Waals surface area contributed by atoms with E-state index < -0.39 is 0 Å². The topological polar surface area (TPSA) is 44.5 Å². The Morgan fingerprint density at radius 2 is 1.89 bits per heavy atom. The van der Waals surface area contributed by atoms with E-state index in [4.69, 9.17) is 5.73 Å². The van der Waals surface area contributed by atoms with Crippen LogP contribution in [-0.4, -0.2) is 49.7 Å². The molecule has 1 heterocycles. The molecule has 1 atom stereocenters. The smallest absolute Gasteiger partial charge is 0.0589 e. The average molecular weight is 262 g/mol. The third-order valence-corrected chi connectivity index (χ3v) is 4.10. The molecular formula is C15H26N4. The molecule has 0 radical (unpaired) electrons. The number of piperazine rings is 1. The van der Waals surface area contributed by atoms with Gasteiger partial charge in [0.05, 0.1) is 6.04 Å². The molecule has 3 N–H and O–H groups in total. The van der Waals surface area contributed by atoms with Crippen molar-refractivity contribution >= 4 is 0 Å². The predicted molar refractivity (Wildman–Crippen MR) is 79.9 cm³/mol. The van der Waals surface area contributed by atoms with Gasteiger partial charge in [-0.3, -0.25) is 0 Å². The highest BCUT2D eigenvalue weighted by atomic mass is 15.5. The summed E-state index contributed by atoms with van der Waals surface area (Å²) >= 11 is 0. The van der Waals surface area contributed by atoms with E-state index in [1.165, 1.54) is 16.7 Å². The van der Waals surface area contributed by atoms with Gasteiger partial charge < -0.3 is 10.6 Å². The molecule has 4 nitrogen and oxygen atoms in total. The molecule has 1 aliphatic rings. The lowest BCUT2D eigenvalue weighted by Gasteiger charge is -2.35. The van der Waals surface area contributed by atoms with Crippen molar-refractivity contribution in [1.29, 1.82) is 0 Å². The fraction of sp³-hybridized carbons (Fsp3) is 0.600. The second-order valence-corrected chi connectivity index (χ2v) is 5.50. The van der Waals surface area contributed by atoms with Crippen LogP contribution in [0, 0.1) is 13.8 Å². The van der Waals surface area contributed by atoms with E-state index in [0.717, 1.165) is 26.2 Å². The zero-order chi connectivity index (χ0) is 13.8. The summed E-state index contributed by atoms with van der Waals surface area (Å²) in [5.74, 6) is 0. The molecular weight excluding hydrogens is 236 g/mol. The van der Waals surface area contributed by atoms with Crippen LogP contribution >= 0.6 is 0 Å². The quantitative estimate of drug-likeness (QED) is 0.851. The normalized spacial score (nSPS) is 19.6. The number of hydrogen-bond acceptors (Lipinski definition) is 4. The zero-order valence-corrected chi connectivity index (χ0v) is 12.3. The lowest BCUT2D eigenvalue weighted by molar-refractivity contribution is 0.0879. The Balaban J connectivity index is 2.05. The van der Waals surface area contributed by atoms with Gasteiger partial charge in [0.25, 0.3) is 0 Å². The van der Waals surface area contributed by atoms with Crippen LogP contribution in [0.1, 0.15) is 22.7 Å². The second-order valence-electron chi connectivity index (χ2n) is 5.50. The minimum absolute atomic E-state index is 0.211. The van der Waals surface area contributed by atoms with Crippen LogP contribution in [0.5, 0.6) is 0 Å². The molecule has 0 spiro atoms. The van der Waals surface area contributed by atoms with Gasteiger partial charge >= 0.3 is 0 Å². The van der Waals surface area contributed by atoms with Crippen LogP contribution in [0.3, 0.4) is 0 Å². The molecule has 0 saturated carbocycles. The Hall–Kier alpha value is -0.940. The number of nitrogens with two attached hydrogens (primary N) is 1. The molecule has 0 bridgehead atoms. The minimum Gasteiger partial charge on any atom is -0.329 e. The summed E-state index contributed by atoms with van der Waals surface area (Å²) in [4.78, 5) is 2.35. The summed E-state index contributed by atoms with van der Waals surface area (Å²) < 4.78 is 0. The highest BCUT2D eigenvalue weighted by molar-refractivity contribution is 5.35. The standard InChI is InChI=1S/C15H26N4/c1-12-5-4-6-14(13(12)2)15(11-16)17-19-9-7-18(3)8-10-19/h4-6,15,17H,7-11,16H2,1-3H3. The number of hydrazine groups is 1. The Morgan fingerprint density at radius 1 is 1.21 bits per heavy atom. The van der Waals surface area contributed by atoms with E-state index in [1.807, 2.05) is 0 Å². The monoisotopic (exact) mass is 262 g/mol. The highest BCUT2D eigenvalue weighted by Crippen LogP contribution is 2.20. The highest BCUT2D eigenvalue weighted by Gasteiger charge is 2.19. The van der Waals surface area contributed by atoms with Crippen molar-refractivity contribution in [3.05, 3.63) is 34.9 Å². The predicted octanol–water partition coefficient (Wildman–Crippen LogP) is 1.06. The van der Waals surface area contributed by atoms with Crippen LogP contribution in [-0.2, 0) is 0 Å². The first kappa shape index (κ1) is 14.5. The van der Waals surface area contributed by atoms with E-state index in [-0.39, 0.29) is 6.04 Å². The summed E-state index contributed by atoms with van der Waals surface area (Å²) in [6.45, 7) is 9.28. The minimum atomic E-state index is 0.211. The lowest BCUT2D eigenvalue weighted by atomic mass is 9.98. The van der Waals surface area contributed by atoms with Crippen molar-refractivity contribution in [3.63, 3.8) is 0 Å². The molecule has 1 aromatic carbocycles. The van der Waals surface area contributed by atoms with E-state index >= 15 is 0 Å². The molecule has 1 aliphatic heterocycles. The van der Waals surface area contributed by atoms with Crippen LogP contribution in [0.25, 0.3) is 0 Å². The van der Waals surface area contributed by atoms with Gasteiger partial charge in [-0.2, -0.15) is 0 Å². The number of hydrogen-bond donors (Lipinski definition) is 2. The Kier molecular flexibility index (Phi) is 4.93. The van der Waals surface area contributed by atoms with Crippen LogP contribution < -0.4 is 11.2 Å².